The van der Waals surface area contributed by atoms with Gasteiger partial charge >= 0.3 is 0 Å². The average molecular weight is 353 g/mol. The quantitative estimate of drug-likeness (QED) is 0.431. The van der Waals surface area contributed by atoms with Gasteiger partial charge in [-0.2, -0.15) is 0 Å². The second-order valence-corrected chi connectivity index (χ2v) is 7.02. The highest BCUT2D eigenvalue weighted by atomic mass is 16.1. The Bertz CT molecular complexity index is 1060. The number of ketones is 1. The number of para-hydroxylation sites is 1. The molecule has 0 aliphatic rings. The topological polar surface area (TPSA) is 32.9 Å². The van der Waals surface area contributed by atoms with E-state index >= 15 is 0 Å². The van der Waals surface area contributed by atoms with Crippen LogP contribution in [0.2, 0.25) is 0 Å². The number of H-pyrrole nitrogens is 1. The Morgan fingerprint density at radius 3 is 2.22 bits per heavy atom. The van der Waals surface area contributed by atoms with Crippen molar-refractivity contribution >= 4 is 16.7 Å². The van der Waals surface area contributed by atoms with Gasteiger partial charge in [-0.1, -0.05) is 72.8 Å². The molecule has 2 nitrogen and oxygen atoms in total. The fourth-order valence-corrected chi connectivity index (χ4v) is 3.71. The number of rotatable bonds is 6. The van der Waals surface area contributed by atoms with Gasteiger partial charge in [-0.3, -0.25) is 4.79 Å². The molecule has 1 aromatic heterocycles. The Morgan fingerprint density at radius 1 is 0.778 bits per heavy atom. The number of carbonyl (C=O) groups is 1. The summed E-state index contributed by atoms with van der Waals surface area (Å²) in [5, 5.41) is 1.33. The second-order valence-electron chi connectivity index (χ2n) is 7.02. The Morgan fingerprint density at radius 2 is 1.44 bits per heavy atom. The third kappa shape index (κ3) is 3.70. The first-order valence-electron chi connectivity index (χ1n) is 9.47. The molecule has 3 aromatic carbocycles. The van der Waals surface area contributed by atoms with Crippen molar-refractivity contribution in [2.24, 2.45) is 0 Å². The molecule has 4 rings (SSSR count). The minimum absolute atomic E-state index is 0.0802. The van der Waals surface area contributed by atoms with Gasteiger partial charge in [0, 0.05) is 27.7 Å². The molecule has 0 radical (unpaired) electrons. The van der Waals surface area contributed by atoms with E-state index in [0.29, 0.717) is 0 Å². The molecule has 1 heterocycles. The lowest BCUT2D eigenvalue weighted by Gasteiger charge is -2.05. The summed E-state index contributed by atoms with van der Waals surface area (Å²) in [6.45, 7) is 2.15. The molecule has 0 aliphatic heterocycles. The molecule has 0 bridgehead atoms. The molecule has 134 valence electrons. The van der Waals surface area contributed by atoms with Gasteiger partial charge in [0.15, 0.2) is 5.78 Å². The molecule has 0 fully saturated rings. The molecule has 27 heavy (non-hydrogen) atoms. The van der Waals surface area contributed by atoms with Crippen LogP contribution in [0.5, 0.6) is 0 Å². The van der Waals surface area contributed by atoms with Crippen LogP contribution in [0, 0.1) is 6.92 Å². The van der Waals surface area contributed by atoms with E-state index in [1.165, 1.54) is 27.7 Å². The van der Waals surface area contributed by atoms with E-state index < -0.39 is 0 Å². The summed E-state index contributed by atoms with van der Waals surface area (Å²) < 4.78 is 0. The maximum Gasteiger partial charge on any atom is 0.193 e. The van der Waals surface area contributed by atoms with Gasteiger partial charge < -0.3 is 4.98 Å². The van der Waals surface area contributed by atoms with Crippen molar-refractivity contribution in [2.75, 3.05) is 0 Å². The highest BCUT2D eigenvalue weighted by Gasteiger charge is 2.09. The molecule has 4 aromatic rings. The van der Waals surface area contributed by atoms with Crippen molar-refractivity contribution < 1.29 is 4.79 Å². The summed E-state index contributed by atoms with van der Waals surface area (Å²) in [7, 11) is 0. The minimum atomic E-state index is 0.0802. The lowest BCUT2D eigenvalue weighted by molar-refractivity contribution is 0.103. The number of benzene rings is 3. The molecule has 1 N–H and O–H groups in total. The fraction of sp³-hybridized carbons (Fsp3) is 0.160. The van der Waals surface area contributed by atoms with Gasteiger partial charge in [-0.25, -0.2) is 0 Å². The summed E-state index contributed by atoms with van der Waals surface area (Å²) in [4.78, 5) is 16.0. The predicted octanol–water partition coefficient (Wildman–Crippen LogP) is 5.88. The molecule has 2 heteroatoms. The van der Waals surface area contributed by atoms with Gasteiger partial charge in [-0.15, -0.1) is 0 Å². The Balaban J connectivity index is 1.40. The lowest BCUT2D eigenvalue weighted by Crippen LogP contribution is -2.01. The SMILES string of the molecule is Cc1[nH]c2ccccc2c1CCCc1ccc(C(=O)c2ccccc2)cc1. The van der Waals surface area contributed by atoms with E-state index in [4.69, 9.17) is 0 Å². The number of aromatic amines is 1. The first kappa shape index (κ1) is 17.3. The number of hydrogen-bond donors (Lipinski definition) is 1. The molecule has 0 saturated heterocycles. The van der Waals surface area contributed by atoms with Gasteiger partial charge in [0.1, 0.15) is 0 Å². The molecule has 0 atom stereocenters. The van der Waals surface area contributed by atoms with E-state index in [2.05, 4.69) is 48.3 Å². The number of nitrogens with one attached hydrogen (secondary N) is 1. The van der Waals surface area contributed by atoms with Crippen LogP contribution in [-0.4, -0.2) is 10.8 Å². The molecule has 0 amide bonds. The van der Waals surface area contributed by atoms with Gasteiger partial charge in [0.05, 0.1) is 0 Å². The van der Waals surface area contributed by atoms with Crippen LogP contribution < -0.4 is 0 Å². The predicted molar refractivity (Wildman–Crippen MR) is 111 cm³/mol. The number of hydrogen-bond acceptors (Lipinski definition) is 1. The lowest BCUT2D eigenvalue weighted by atomic mass is 9.99. The van der Waals surface area contributed by atoms with Crippen LogP contribution in [0.1, 0.15) is 39.2 Å². The van der Waals surface area contributed by atoms with Crippen molar-refractivity contribution in [2.45, 2.75) is 26.2 Å². The Hall–Kier alpha value is -3.13. The van der Waals surface area contributed by atoms with Crippen LogP contribution >= 0.6 is 0 Å². The van der Waals surface area contributed by atoms with E-state index in [-0.39, 0.29) is 5.78 Å². The van der Waals surface area contributed by atoms with Crippen LogP contribution in [0.25, 0.3) is 10.9 Å². The number of fused-ring (bicyclic) bond motifs is 1. The molecule has 0 spiro atoms. The summed E-state index contributed by atoms with van der Waals surface area (Å²) in [5.74, 6) is 0.0802. The van der Waals surface area contributed by atoms with Gasteiger partial charge in [0.2, 0.25) is 0 Å². The zero-order chi connectivity index (χ0) is 18.6. The zero-order valence-corrected chi connectivity index (χ0v) is 15.5. The van der Waals surface area contributed by atoms with E-state index in [0.717, 1.165) is 30.4 Å². The van der Waals surface area contributed by atoms with Gasteiger partial charge in [0.25, 0.3) is 0 Å². The smallest absolute Gasteiger partial charge is 0.193 e. The second kappa shape index (κ2) is 7.63. The largest absolute Gasteiger partial charge is 0.358 e. The first-order chi connectivity index (χ1) is 13.2. The number of aromatic nitrogens is 1. The highest BCUT2D eigenvalue weighted by molar-refractivity contribution is 6.08. The van der Waals surface area contributed by atoms with Crippen LogP contribution in [0.4, 0.5) is 0 Å². The molecular formula is C25H23NO. The summed E-state index contributed by atoms with van der Waals surface area (Å²) in [6, 6.07) is 26.0. The van der Waals surface area contributed by atoms with Crippen molar-refractivity contribution in [1.82, 2.24) is 4.98 Å². The summed E-state index contributed by atoms with van der Waals surface area (Å²) >= 11 is 0. The Kier molecular flexibility index (Phi) is 4.88. The maximum absolute atomic E-state index is 12.5. The normalized spacial score (nSPS) is 11.0. The Labute approximate surface area is 159 Å². The van der Waals surface area contributed by atoms with E-state index in [9.17, 15) is 4.79 Å². The van der Waals surface area contributed by atoms with Crippen LogP contribution in [0.15, 0.2) is 78.9 Å². The van der Waals surface area contributed by atoms with E-state index in [1.54, 1.807) is 0 Å². The first-order valence-corrected chi connectivity index (χ1v) is 9.47. The standard InChI is InChI=1S/C25H23NO/c1-18-22(23-11-5-6-13-24(23)26-18)12-7-8-19-14-16-21(17-15-19)25(27)20-9-3-2-4-10-20/h2-6,9-11,13-17,26H,7-8,12H2,1H3. The maximum atomic E-state index is 12.5. The third-order valence-electron chi connectivity index (χ3n) is 5.17. The summed E-state index contributed by atoms with van der Waals surface area (Å²) in [5.41, 5.74) is 6.66. The number of carbonyl (C=O) groups excluding carboxylic acids is 1. The van der Waals surface area contributed by atoms with Crippen molar-refractivity contribution in [3.8, 4) is 0 Å². The molecule has 0 aliphatic carbocycles. The van der Waals surface area contributed by atoms with Crippen molar-refractivity contribution in [3.05, 3.63) is 107 Å². The van der Waals surface area contributed by atoms with Crippen LogP contribution in [-0.2, 0) is 12.8 Å². The minimum Gasteiger partial charge on any atom is -0.358 e. The molecular weight excluding hydrogens is 330 g/mol. The zero-order valence-electron chi connectivity index (χ0n) is 15.5. The van der Waals surface area contributed by atoms with Crippen molar-refractivity contribution in [1.29, 1.82) is 0 Å². The fourth-order valence-electron chi connectivity index (χ4n) is 3.71. The molecule has 0 saturated carbocycles. The van der Waals surface area contributed by atoms with E-state index in [1.807, 2.05) is 42.5 Å². The van der Waals surface area contributed by atoms with Crippen LogP contribution in [0.3, 0.4) is 0 Å². The molecule has 0 unspecified atom stereocenters. The highest BCUT2D eigenvalue weighted by Crippen LogP contribution is 2.23. The monoisotopic (exact) mass is 353 g/mol. The third-order valence-corrected chi connectivity index (χ3v) is 5.17. The average Bonchev–Trinajstić information content (AvgIpc) is 3.04. The summed E-state index contributed by atoms with van der Waals surface area (Å²) in [6.07, 6.45) is 3.16. The van der Waals surface area contributed by atoms with Gasteiger partial charge in [-0.05, 0) is 43.4 Å². The number of aryl methyl sites for hydroxylation is 3. The van der Waals surface area contributed by atoms with Crippen molar-refractivity contribution in [3.63, 3.8) is 0 Å².